The normalized spacial score (nSPS) is 12.8. The Morgan fingerprint density at radius 3 is 2.61 bits per heavy atom. The second-order valence-electron chi connectivity index (χ2n) is 6.06. The Morgan fingerprint density at radius 1 is 1.13 bits per heavy atom. The van der Waals surface area contributed by atoms with Gasteiger partial charge < -0.3 is 5.32 Å². The number of pyridine rings is 1. The fourth-order valence-electron chi connectivity index (χ4n) is 2.83. The zero-order chi connectivity index (χ0) is 16.7. The van der Waals surface area contributed by atoms with E-state index in [4.69, 9.17) is 11.6 Å². The van der Waals surface area contributed by atoms with Crippen LogP contribution in [0.25, 0.3) is 6.08 Å². The number of carbonyl (C=O) groups excluding carboxylic acids is 1. The first kappa shape index (κ1) is 15.8. The van der Waals surface area contributed by atoms with Gasteiger partial charge in [0, 0.05) is 22.7 Å². The molecule has 0 bridgehead atoms. The van der Waals surface area contributed by atoms with Crippen LogP contribution in [0.15, 0.2) is 23.8 Å². The van der Waals surface area contributed by atoms with Crippen molar-refractivity contribution in [3.63, 3.8) is 0 Å². The summed E-state index contributed by atoms with van der Waals surface area (Å²) in [6.07, 6.45) is 2.53. The number of anilines is 1. The molecule has 23 heavy (non-hydrogen) atoms. The number of halogens is 1. The molecule has 2 aromatic rings. The third-order valence-electron chi connectivity index (χ3n) is 4.64. The standard InChI is InChI=1S/C19H19ClN2O/c1-10-11(2)13(4)21-18(12(10)3)22-19(23)16-7-14-5-6-17(20)9-15(14)8-16/h5-6,8-9H,7H2,1-4H3,(H,21,22,23). The van der Waals surface area contributed by atoms with Crippen LogP contribution in [0.3, 0.4) is 0 Å². The molecule has 0 fully saturated rings. The predicted molar refractivity (Wildman–Crippen MR) is 94.9 cm³/mol. The summed E-state index contributed by atoms with van der Waals surface area (Å²) in [6.45, 7) is 8.06. The number of hydrogen-bond acceptors (Lipinski definition) is 2. The number of nitrogens with zero attached hydrogens (tertiary/aromatic N) is 1. The molecule has 1 aliphatic carbocycles. The molecule has 1 heterocycles. The van der Waals surface area contributed by atoms with Crippen LogP contribution < -0.4 is 5.32 Å². The number of amides is 1. The number of fused-ring (bicyclic) bond motifs is 1. The Labute approximate surface area is 141 Å². The van der Waals surface area contributed by atoms with Crippen LogP contribution >= 0.6 is 11.6 Å². The van der Waals surface area contributed by atoms with Gasteiger partial charge in [-0.1, -0.05) is 17.7 Å². The Bertz CT molecular complexity index is 853. The molecule has 0 aliphatic heterocycles. The summed E-state index contributed by atoms with van der Waals surface area (Å²) in [5.74, 6) is 0.543. The van der Waals surface area contributed by atoms with Gasteiger partial charge in [0.1, 0.15) is 5.82 Å². The molecular weight excluding hydrogens is 308 g/mol. The first-order chi connectivity index (χ1) is 10.9. The van der Waals surface area contributed by atoms with E-state index in [1.165, 1.54) is 11.1 Å². The molecule has 0 radical (unpaired) electrons. The van der Waals surface area contributed by atoms with Gasteiger partial charge in [0.25, 0.3) is 5.91 Å². The third-order valence-corrected chi connectivity index (χ3v) is 4.88. The van der Waals surface area contributed by atoms with Gasteiger partial charge in [-0.05, 0) is 73.7 Å². The summed E-state index contributed by atoms with van der Waals surface area (Å²) in [4.78, 5) is 17.1. The quantitative estimate of drug-likeness (QED) is 0.879. The van der Waals surface area contributed by atoms with Crippen molar-refractivity contribution in [1.82, 2.24) is 4.98 Å². The van der Waals surface area contributed by atoms with Gasteiger partial charge in [-0.2, -0.15) is 0 Å². The van der Waals surface area contributed by atoms with Crippen LogP contribution in [0.5, 0.6) is 0 Å². The molecule has 0 atom stereocenters. The lowest BCUT2D eigenvalue weighted by atomic mass is 10.0. The molecule has 4 heteroatoms. The number of aryl methyl sites for hydroxylation is 1. The fraction of sp³-hybridized carbons (Fsp3) is 0.263. The van der Waals surface area contributed by atoms with Crippen molar-refractivity contribution >= 4 is 29.4 Å². The van der Waals surface area contributed by atoms with Crippen LogP contribution in [0.2, 0.25) is 5.02 Å². The highest BCUT2D eigenvalue weighted by Crippen LogP contribution is 2.29. The SMILES string of the molecule is Cc1nc(NC(=O)C2=Cc3cc(Cl)ccc3C2)c(C)c(C)c1C. The van der Waals surface area contributed by atoms with Gasteiger partial charge in [0.15, 0.2) is 0 Å². The van der Waals surface area contributed by atoms with Crippen molar-refractivity contribution in [1.29, 1.82) is 0 Å². The molecule has 3 nitrogen and oxygen atoms in total. The Morgan fingerprint density at radius 2 is 1.87 bits per heavy atom. The lowest BCUT2D eigenvalue weighted by molar-refractivity contribution is -0.112. The highest BCUT2D eigenvalue weighted by Gasteiger charge is 2.20. The molecule has 0 saturated carbocycles. The van der Waals surface area contributed by atoms with E-state index in [9.17, 15) is 4.79 Å². The first-order valence-corrected chi connectivity index (χ1v) is 7.99. The second-order valence-corrected chi connectivity index (χ2v) is 6.50. The van der Waals surface area contributed by atoms with E-state index >= 15 is 0 Å². The molecule has 3 rings (SSSR count). The van der Waals surface area contributed by atoms with Crippen molar-refractivity contribution in [2.75, 3.05) is 5.32 Å². The third kappa shape index (κ3) is 2.89. The molecule has 1 aromatic carbocycles. The maximum atomic E-state index is 12.6. The van der Waals surface area contributed by atoms with Crippen LogP contribution in [-0.4, -0.2) is 10.9 Å². The van der Waals surface area contributed by atoms with Gasteiger partial charge in [0.2, 0.25) is 0 Å². The number of nitrogens with one attached hydrogen (secondary N) is 1. The molecule has 1 N–H and O–H groups in total. The maximum absolute atomic E-state index is 12.6. The van der Waals surface area contributed by atoms with E-state index in [1.54, 1.807) is 0 Å². The smallest absolute Gasteiger partial charge is 0.253 e. The van der Waals surface area contributed by atoms with Crippen LogP contribution in [0.4, 0.5) is 5.82 Å². The van der Waals surface area contributed by atoms with E-state index in [-0.39, 0.29) is 5.91 Å². The minimum Gasteiger partial charge on any atom is -0.307 e. The fourth-order valence-corrected chi connectivity index (χ4v) is 3.01. The first-order valence-electron chi connectivity index (χ1n) is 7.61. The van der Waals surface area contributed by atoms with Crippen LogP contribution in [0.1, 0.15) is 33.5 Å². The van der Waals surface area contributed by atoms with Crippen molar-refractivity contribution in [2.45, 2.75) is 34.1 Å². The second kappa shape index (κ2) is 5.82. The number of benzene rings is 1. The summed E-state index contributed by atoms with van der Waals surface area (Å²) in [5, 5.41) is 3.64. The van der Waals surface area contributed by atoms with Gasteiger partial charge in [-0.25, -0.2) is 4.98 Å². The number of aromatic nitrogens is 1. The van der Waals surface area contributed by atoms with Crippen molar-refractivity contribution in [3.8, 4) is 0 Å². The zero-order valence-electron chi connectivity index (χ0n) is 13.7. The van der Waals surface area contributed by atoms with Gasteiger partial charge in [0.05, 0.1) is 0 Å². The Balaban J connectivity index is 1.86. The average Bonchev–Trinajstić information content (AvgIpc) is 2.93. The summed E-state index contributed by atoms with van der Waals surface area (Å²) in [6, 6.07) is 5.71. The zero-order valence-corrected chi connectivity index (χ0v) is 14.5. The predicted octanol–water partition coefficient (Wildman–Crippen LogP) is 4.55. The van der Waals surface area contributed by atoms with Crippen molar-refractivity contribution in [3.05, 3.63) is 62.3 Å². The molecule has 1 aromatic heterocycles. The van der Waals surface area contributed by atoms with E-state index in [1.807, 2.05) is 38.1 Å². The molecule has 0 saturated heterocycles. The minimum atomic E-state index is -0.101. The summed E-state index contributed by atoms with van der Waals surface area (Å²) < 4.78 is 0. The molecule has 0 spiro atoms. The molecule has 118 valence electrons. The topological polar surface area (TPSA) is 42.0 Å². The summed E-state index contributed by atoms with van der Waals surface area (Å²) >= 11 is 6.01. The molecule has 1 amide bonds. The average molecular weight is 327 g/mol. The molecule has 0 unspecified atom stereocenters. The van der Waals surface area contributed by atoms with E-state index in [0.717, 1.165) is 28.0 Å². The Kier molecular flexibility index (Phi) is 3.99. The maximum Gasteiger partial charge on any atom is 0.253 e. The monoisotopic (exact) mass is 326 g/mol. The van der Waals surface area contributed by atoms with Crippen molar-refractivity contribution in [2.24, 2.45) is 0 Å². The van der Waals surface area contributed by atoms with Gasteiger partial charge >= 0.3 is 0 Å². The molecule has 1 aliphatic rings. The summed E-state index contributed by atoms with van der Waals surface area (Å²) in [5.41, 5.74) is 7.17. The van der Waals surface area contributed by atoms with E-state index in [2.05, 4.69) is 24.1 Å². The van der Waals surface area contributed by atoms with Gasteiger partial charge in [-0.15, -0.1) is 0 Å². The highest BCUT2D eigenvalue weighted by molar-refractivity contribution is 6.30. The minimum absolute atomic E-state index is 0.101. The highest BCUT2D eigenvalue weighted by atomic mass is 35.5. The lowest BCUT2D eigenvalue weighted by Crippen LogP contribution is -2.17. The van der Waals surface area contributed by atoms with E-state index < -0.39 is 0 Å². The van der Waals surface area contributed by atoms with E-state index in [0.29, 0.717) is 17.3 Å². The largest absolute Gasteiger partial charge is 0.307 e. The number of carbonyl (C=O) groups is 1. The number of hydrogen-bond donors (Lipinski definition) is 1. The van der Waals surface area contributed by atoms with Crippen molar-refractivity contribution < 1.29 is 4.79 Å². The Hall–Kier alpha value is -2.13. The number of rotatable bonds is 2. The van der Waals surface area contributed by atoms with Gasteiger partial charge in [-0.3, -0.25) is 4.79 Å². The molecular formula is C19H19ClN2O. The summed E-state index contributed by atoms with van der Waals surface area (Å²) in [7, 11) is 0. The lowest BCUT2D eigenvalue weighted by Gasteiger charge is -2.14. The van der Waals surface area contributed by atoms with Crippen LogP contribution in [-0.2, 0) is 11.2 Å². The van der Waals surface area contributed by atoms with Crippen LogP contribution in [0, 0.1) is 27.7 Å².